The summed E-state index contributed by atoms with van der Waals surface area (Å²) < 4.78 is 34.9. The average Bonchev–Trinajstić information content (AvgIpc) is 3.35. The van der Waals surface area contributed by atoms with Crippen LogP contribution in [-0.2, 0) is 24.5 Å². The molecule has 4 rings (SSSR count). The fourth-order valence-corrected chi connectivity index (χ4v) is 4.28. The Labute approximate surface area is 179 Å². The predicted molar refractivity (Wildman–Crippen MR) is 107 cm³/mol. The minimum absolute atomic E-state index is 0.0411. The van der Waals surface area contributed by atoms with Crippen LogP contribution in [0.4, 0.5) is 13.2 Å². The van der Waals surface area contributed by atoms with E-state index >= 15 is 0 Å². The Morgan fingerprint density at radius 2 is 1.90 bits per heavy atom. The summed E-state index contributed by atoms with van der Waals surface area (Å²) in [7, 11) is 0. The first kappa shape index (κ1) is 23.1. The number of aromatic nitrogens is 4. The standard InChI is InChI=1S/C17H21N5OS.C2HF3O2/c23-12-14-10-22(20-19-14)9-13-5-7-21(8-6-13)11-17-18-15-3-1-2-4-16(15)24-17;3-2(4,5)1(6)7/h1-4,10,13,23H,5-9,11-12H2;(H,6,7). The second kappa shape index (κ2) is 10.2. The fraction of sp³-hybridized carbons (Fsp3) is 0.474. The van der Waals surface area contributed by atoms with Crippen molar-refractivity contribution in [1.82, 2.24) is 24.9 Å². The largest absolute Gasteiger partial charge is 0.490 e. The number of rotatable bonds is 5. The molecule has 1 aliphatic rings. The maximum Gasteiger partial charge on any atom is 0.490 e. The molecule has 3 aromatic rings. The Hall–Kier alpha value is -2.57. The minimum Gasteiger partial charge on any atom is -0.475 e. The van der Waals surface area contributed by atoms with Crippen molar-refractivity contribution in [3.05, 3.63) is 41.2 Å². The molecule has 0 spiro atoms. The van der Waals surface area contributed by atoms with Crippen LogP contribution in [0.25, 0.3) is 10.2 Å². The summed E-state index contributed by atoms with van der Waals surface area (Å²) in [5.74, 6) is -2.13. The van der Waals surface area contributed by atoms with E-state index in [1.165, 1.54) is 22.5 Å². The van der Waals surface area contributed by atoms with Crippen LogP contribution in [-0.4, -0.2) is 60.3 Å². The van der Waals surface area contributed by atoms with E-state index in [-0.39, 0.29) is 6.61 Å². The number of para-hydroxylation sites is 1. The first-order valence-corrected chi connectivity index (χ1v) is 10.4. The quantitative estimate of drug-likeness (QED) is 0.607. The topological polar surface area (TPSA) is 104 Å². The number of nitrogens with zero attached hydrogens (tertiary/aromatic N) is 5. The zero-order valence-corrected chi connectivity index (χ0v) is 17.3. The van der Waals surface area contributed by atoms with Crippen molar-refractivity contribution in [2.24, 2.45) is 5.92 Å². The molecule has 1 fully saturated rings. The van der Waals surface area contributed by atoms with Crippen LogP contribution in [0.3, 0.4) is 0 Å². The van der Waals surface area contributed by atoms with Crippen LogP contribution < -0.4 is 0 Å². The maximum atomic E-state index is 10.6. The van der Waals surface area contributed by atoms with Crippen molar-refractivity contribution in [1.29, 1.82) is 0 Å². The molecular formula is C19H22F3N5O3S. The number of hydrogen-bond acceptors (Lipinski definition) is 7. The molecule has 2 N–H and O–H groups in total. The number of hydrogen-bond donors (Lipinski definition) is 2. The lowest BCUT2D eigenvalue weighted by Crippen LogP contribution is -2.34. The lowest BCUT2D eigenvalue weighted by molar-refractivity contribution is -0.192. The van der Waals surface area contributed by atoms with Crippen molar-refractivity contribution in [2.45, 2.75) is 38.7 Å². The van der Waals surface area contributed by atoms with Gasteiger partial charge in [0, 0.05) is 6.54 Å². The molecule has 0 unspecified atom stereocenters. The van der Waals surface area contributed by atoms with E-state index in [1.807, 2.05) is 16.9 Å². The lowest BCUT2D eigenvalue weighted by Gasteiger charge is -2.31. The van der Waals surface area contributed by atoms with Gasteiger partial charge >= 0.3 is 12.1 Å². The molecule has 0 saturated carbocycles. The first-order chi connectivity index (χ1) is 14.7. The van der Waals surface area contributed by atoms with Gasteiger partial charge in [0.1, 0.15) is 10.7 Å². The van der Waals surface area contributed by atoms with E-state index in [1.54, 1.807) is 11.3 Å². The normalized spacial score (nSPS) is 15.6. The highest BCUT2D eigenvalue weighted by Gasteiger charge is 2.38. The number of aliphatic carboxylic acids is 1. The molecule has 0 bridgehead atoms. The van der Waals surface area contributed by atoms with Crippen molar-refractivity contribution >= 4 is 27.5 Å². The van der Waals surface area contributed by atoms with Crippen LogP contribution in [0, 0.1) is 5.92 Å². The molecule has 1 saturated heterocycles. The van der Waals surface area contributed by atoms with Gasteiger partial charge in [-0.3, -0.25) is 9.58 Å². The van der Waals surface area contributed by atoms with Gasteiger partial charge in [0.15, 0.2) is 0 Å². The maximum absolute atomic E-state index is 10.6. The third kappa shape index (κ3) is 6.71. The number of piperidine rings is 1. The number of aliphatic hydroxyl groups is 1. The van der Waals surface area contributed by atoms with Crippen molar-refractivity contribution in [2.75, 3.05) is 13.1 Å². The van der Waals surface area contributed by atoms with E-state index in [9.17, 15) is 13.2 Å². The van der Waals surface area contributed by atoms with Crippen molar-refractivity contribution in [3.8, 4) is 0 Å². The predicted octanol–water partition coefficient (Wildman–Crippen LogP) is 2.93. The molecular weight excluding hydrogens is 435 g/mol. The Kier molecular flexibility index (Phi) is 7.57. The lowest BCUT2D eigenvalue weighted by atomic mass is 9.97. The van der Waals surface area contributed by atoms with Gasteiger partial charge < -0.3 is 10.2 Å². The molecule has 0 radical (unpaired) electrons. The molecule has 168 valence electrons. The van der Waals surface area contributed by atoms with Gasteiger partial charge in [0.2, 0.25) is 0 Å². The number of carboxylic acid groups (broad SMARTS) is 1. The Bertz CT molecular complexity index is 966. The van der Waals surface area contributed by atoms with E-state index in [0.29, 0.717) is 11.6 Å². The minimum atomic E-state index is -5.08. The van der Waals surface area contributed by atoms with Gasteiger partial charge in [-0.1, -0.05) is 17.3 Å². The molecule has 3 heterocycles. The zero-order chi connectivity index (χ0) is 22.4. The van der Waals surface area contributed by atoms with Crippen molar-refractivity contribution < 1.29 is 28.2 Å². The van der Waals surface area contributed by atoms with E-state index in [2.05, 4.69) is 33.4 Å². The molecule has 1 aliphatic heterocycles. The third-order valence-electron chi connectivity index (χ3n) is 4.84. The third-order valence-corrected chi connectivity index (χ3v) is 5.86. The molecule has 1 aromatic carbocycles. The van der Waals surface area contributed by atoms with Crippen LogP contribution in [0.1, 0.15) is 23.5 Å². The number of thiazole rings is 1. The number of carboxylic acids is 1. The molecule has 31 heavy (non-hydrogen) atoms. The number of likely N-dealkylation sites (tertiary alicyclic amines) is 1. The smallest absolute Gasteiger partial charge is 0.475 e. The second-order valence-corrected chi connectivity index (χ2v) is 8.30. The van der Waals surface area contributed by atoms with Crippen LogP contribution in [0.5, 0.6) is 0 Å². The van der Waals surface area contributed by atoms with Crippen LogP contribution in [0.2, 0.25) is 0 Å². The van der Waals surface area contributed by atoms with Gasteiger partial charge in [0.25, 0.3) is 0 Å². The molecule has 0 atom stereocenters. The van der Waals surface area contributed by atoms with Gasteiger partial charge in [-0.2, -0.15) is 13.2 Å². The average molecular weight is 457 g/mol. The number of halogens is 3. The van der Waals surface area contributed by atoms with Gasteiger partial charge in [-0.05, 0) is 44.0 Å². The second-order valence-electron chi connectivity index (χ2n) is 7.19. The zero-order valence-electron chi connectivity index (χ0n) is 16.5. The number of carbonyl (C=O) groups is 1. The van der Waals surface area contributed by atoms with Gasteiger partial charge in [0.05, 0.1) is 29.6 Å². The monoisotopic (exact) mass is 457 g/mol. The number of aliphatic hydroxyl groups excluding tert-OH is 1. The Balaban J connectivity index is 0.000000339. The Morgan fingerprint density at radius 3 is 2.48 bits per heavy atom. The highest BCUT2D eigenvalue weighted by Crippen LogP contribution is 2.25. The number of fused-ring (bicyclic) bond motifs is 1. The van der Waals surface area contributed by atoms with E-state index < -0.39 is 12.1 Å². The van der Waals surface area contributed by atoms with E-state index in [4.69, 9.17) is 20.0 Å². The fourth-order valence-electron chi connectivity index (χ4n) is 3.27. The molecule has 2 aromatic heterocycles. The molecule has 12 heteroatoms. The summed E-state index contributed by atoms with van der Waals surface area (Å²) in [6.45, 7) is 4.00. The molecule has 0 amide bonds. The van der Waals surface area contributed by atoms with Gasteiger partial charge in [-0.25, -0.2) is 9.78 Å². The van der Waals surface area contributed by atoms with Crippen LogP contribution >= 0.6 is 11.3 Å². The summed E-state index contributed by atoms with van der Waals surface area (Å²) >= 11 is 1.80. The highest BCUT2D eigenvalue weighted by molar-refractivity contribution is 7.18. The summed E-state index contributed by atoms with van der Waals surface area (Å²) in [6, 6.07) is 8.34. The highest BCUT2D eigenvalue weighted by atomic mass is 32.1. The summed E-state index contributed by atoms with van der Waals surface area (Å²) in [4.78, 5) is 16.1. The number of benzene rings is 1. The van der Waals surface area contributed by atoms with Crippen LogP contribution in [0.15, 0.2) is 30.5 Å². The van der Waals surface area contributed by atoms with Gasteiger partial charge in [-0.15, -0.1) is 16.4 Å². The Morgan fingerprint density at radius 1 is 1.23 bits per heavy atom. The molecule has 8 nitrogen and oxygen atoms in total. The summed E-state index contributed by atoms with van der Waals surface area (Å²) in [5.41, 5.74) is 1.75. The molecule has 0 aliphatic carbocycles. The first-order valence-electron chi connectivity index (χ1n) is 9.61. The van der Waals surface area contributed by atoms with Crippen molar-refractivity contribution in [3.63, 3.8) is 0 Å². The summed E-state index contributed by atoms with van der Waals surface area (Å²) in [6.07, 6.45) is -0.911. The summed E-state index contributed by atoms with van der Waals surface area (Å²) in [5, 5.41) is 25.4. The SMILES string of the molecule is O=C(O)C(F)(F)F.OCc1cn(CC2CCN(Cc3nc4ccccc4s3)CC2)nn1. The number of alkyl halides is 3. The van der Waals surface area contributed by atoms with E-state index in [0.717, 1.165) is 31.7 Å².